The molecule has 2 aromatic rings. The molecule has 2 nitrogen and oxygen atoms in total. The Morgan fingerprint density at radius 1 is 1.20 bits per heavy atom. The fourth-order valence-corrected chi connectivity index (χ4v) is 4.42. The zero-order valence-electron chi connectivity index (χ0n) is 14.6. The molecule has 3 rings (SSSR count). The van der Waals surface area contributed by atoms with E-state index in [1.807, 2.05) is 23.1 Å². The third kappa shape index (κ3) is 4.43. The first-order valence-electron chi connectivity index (χ1n) is 8.96. The van der Waals surface area contributed by atoms with E-state index in [0.29, 0.717) is 12.1 Å². The second kappa shape index (κ2) is 8.52. The minimum atomic E-state index is -0.256. The molecule has 1 fully saturated rings. The lowest BCUT2D eigenvalue weighted by molar-refractivity contribution is 0.0760. The van der Waals surface area contributed by atoms with Gasteiger partial charge in [-0.3, -0.25) is 4.79 Å². The Hall–Kier alpha value is -1.81. The lowest BCUT2D eigenvalue weighted by atomic mass is 10.0. The van der Waals surface area contributed by atoms with Crippen LogP contribution in [-0.2, 0) is 6.42 Å². The lowest BCUT2D eigenvalue weighted by Gasteiger charge is -2.24. The van der Waals surface area contributed by atoms with Crippen molar-refractivity contribution in [1.29, 1.82) is 0 Å². The molecule has 1 amide bonds. The van der Waals surface area contributed by atoms with Crippen molar-refractivity contribution in [3.05, 3.63) is 71.0 Å². The summed E-state index contributed by atoms with van der Waals surface area (Å²) in [6, 6.07) is 14.5. The van der Waals surface area contributed by atoms with Crippen LogP contribution >= 0.6 is 11.8 Å². The van der Waals surface area contributed by atoms with E-state index in [-0.39, 0.29) is 17.1 Å². The van der Waals surface area contributed by atoms with E-state index in [1.165, 1.54) is 37.0 Å². The van der Waals surface area contributed by atoms with Crippen LogP contribution in [0.4, 0.5) is 4.39 Å². The van der Waals surface area contributed by atoms with Gasteiger partial charge in [-0.25, -0.2) is 4.39 Å². The van der Waals surface area contributed by atoms with Crippen molar-refractivity contribution in [2.75, 3.05) is 12.3 Å². The van der Waals surface area contributed by atoms with Gasteiger partial charge in [-0.15, -0.1) is 11.8 Å². The lowest BCUT2D eigenvalue weighted by Crippen LogP contribution is -2.30. The van der Waals surface area contributed by atoms with Gasteiger partial charge in [-0.1, -0.05) is 44.0 Å². The summed E-state index contributed by atoms with van der Waals surface area (Å²) in [5.74, 6) is 0.648. The third-order valence-corrected chi connectivity index (χ3v) is 5.82. The van der Waals surface area contributed by atoms with Crippen molar-refractivity contribution in [3.63, 3.8) is 0 Å². The van der Waals surface area contributed by atoms with Gasteiger partial charge < -0.3 is 4.90 Å². The number of hydrogen-bond acceptors (Lipinski definition) is 2. The molecule has 1 heterocycles. The second-order valence-electron chi connectivity index (χ2n) is 6.43. The molecule has 0 aromatic heterocycles. The molecule has 0 bridgehead atoms. The van der Waals surface area contributed by atoms with E-state index in [0.717, 1.165) is 17.7 Å². The first-order valence-corrected chi connectivity index (χ1v) is 10.0. The molecule has 0 spiro atoms. The Kier molecular flexibility index (Phi) is 6.14. The molecular formula is C21H24FNOS. The van der Waals surface area contributed by atoms with Gasteiger partial charge >= 0.3 is 0 Å². The molecular weight excluding hydrogens is 333 g/mol. The highest BCUT2D eigenvalue weighted by molar-refractivity contribution is 7.99. The predicted molar refractivity (Wildman–Crippen MR) is 102 cm³/mol. The number of carbonyl (C=O) groups excluding carboxylic acids is 1. The number of amides is 1. The predicted octanol–water partition coefficient (Wildman–Crippen LogP) is 5.45. The third-order valence-electron chi connectivity index (χ3n) is 4.56. The van der Waals surface area contributed by atoms with Crippen LogP contribution < -0.4 is 0 Å². The van der Waals surface area contributed by atoms with Gasteiger partial charge in [0.05, 0.1) is 0 Å². The number of unbranched alkanes of at least 4 members (excludes halogenated alkanes) is 2. The van der Waals surface area contributed by atoms with Crippen LogP contribution in [0.2, 0.25) is 0 Å². The van der Waals surface area contributed by atoms with E-state index in [4.69, 9.17) is 0 Å². The number of benzene rings is 2. The normalized spacial score (nSPS) is 17.0. The second-order valence-corrected chi connectivity index (χ2v) is 7.62. The minimum Gasteiger partial charge on any atom is -0.322 e. The Bertz CT molecular complexity index is 716. The number of thioether (sulfide) groups is 1. The van der Waals surface area contributed by atoms with E-state index in [1.54, 1.807) is 17.8 Å². The number of hydrogen-bond donors (Lipinski definition) is 0. The summed E-state index contributed by atoms with van der Waals surface area (Å²) in [6.07, 6.45) is 4.70. The Morgan fingerprint density at radius 3 is 2.72 bits per heavy atom. The summed E-state index contributed by atoms with van der Waals surface area (Å²) in [4.78, 5) is 14.8. The Labute approximate surface area is 153 Å². The topological polar surface area (TPSA) is 20.3 Å². The van der Waals surface area contributed by atoms with Crippen molar-refractivity contribution in [2.45, 2.75) is 38.0 Å². The molecule has 0 saturated carbocycles. The molecule has 0 radical (unpaired) electrons. The standard InChI is InChI=1S/C21H24FNOS/c1-2-3-4-6-16-9-11-17(12-10-16)20(24)23-13-14-25-21(23)18-7-5-8-19(22)15-18/h5,7-12,15,21H,2-4,6,13-14H2,1H3/t21-/m1/s1. The summed E-state index contributed by atoms with van der Waals surface area (Å²) in [6.45, 7) is 2.90. The van der Waals surface area contributed by atoms with E-state index >= 15 is 0 Å². The van der Waals surface area contributed by atoms with Crippen molar-refractivity contribution >= 4 is 17.7 Å². The van der Waals surface area contributed by atoms with Crippen LogP contribution in [-0.4, -0.2) is 23.1 Å². The smallest absolute Gasteiger partial charge is 0.255 e. The SMILES string of the molecule is CCCCCc1ccc(C(=O)N2CCS[C@@H]2c2cccc(F)c2)cc1. The van der Waals surface area contributed by atoms with Crippen molar-refractivity contribution < 1.29 is 9.18 Å². The quantitative estimate of drug-likeness (QED) is 0.641. The fraction of sp³-hybridized carbons (Fsp3) is 0.381. The number of carbonyl (C=O) groups is 1. The summed E-state index contributed by atoms with van der Waals surface area (Å²) < 4.78 is 13.5. The van der Waals surface area contributed by atoms with Gasteiger partial charge in [0.2, 0.25) is 0 Å². The average Bonchev–Trinajstić information content (AvgIpc) is 3.12. The molecule has 25 heavy (non-hydrogen) atoms. The zero-order chi connectivity index (χ0) is 17.6. The maximum Gasteiger partial charge on any atom is 0.255 e. The van der Waals surface area contributed by atoms with Crippen LogP contribution in [0, 0.1) is 5.82 Å². The summed E-state index contributed by atoms with van der Waals surface area (Å²) in [5.41, 5.74) is 2.85. The van der Waals surface area contributed by atoms with Gasteiger partial charge in [0.15, 0.2) is 0 Å². The highest BCUT2D eigenvalue weighted by Crippen LogP contribution is 2.38. The van der Waals surface area contributed by atoms with E-state index < -0.39 is 0 Å². The first-order chi connectivity index (χ1) is 12.2. The highest BCUT2D eigenvalue weighted by atomic mass is 32.2. The molecule has 4 heteroatoms. The summed E-state index contributed by atoms with van der Waals surface area (Å²) in [7, 11) is 0. The van der Waals surface area contributed by atoms with Crippen molar-refractivity contribution in [3.8, 4) is 0 Å². The number of aryl methyl sites for hydroxylation is 1. The van der Waals surface area contributed by atoms with Crippen LogP contribution in [0.25, 0.3) is 0 Å². The summed E-state index contributed by atoms with van der Waals surface area (Å²) in [5, 5.41) is -0.104. The highest BCUT2D eigenvalue weighted by Gasteiger charge is 2.31. The number of halogens is 1. The number of nitrogens with zero attached hydrogens (tertiary/aromatic N) is 1. The van der Waals surface area contributed by atoms with Gasteiger partial charge in [0.1, 0.15) is 11.2 Å². The van der Waals surface area contributed by atoms with Gasteiger partial charge in [0.25, 0.3) is 5.91 Å². The van der Waals surface area contributed by atoms with Gasteiger partial charge in [-0.05, 0) is 48.2 Å². The minimum absolute atomic E-state index is 0.0272. The molecule has 0 aliphatic carbocycles. The van der Waals surface area contributed by atoms with Crippen LogP contribution in [0.15, 0.2) is 48.5 Å². The molecule has 1 saturated heterocycles. The molecule has 1 atom stereocenters. The maximum absolute atomic E-state index is 13.5. The summed E-state index contributed by atoms with van der Waals surface area (Å²) >= 11 is 1.69. The Balaban J connectivity index is 1.71. The van der Waals surface area contributed by atoms with Crippen LogP contribution in [0.3, 0.4) is 0 Å². The maximum atomic E-state index is 13.5. The first kappa shape index (κ1) is 18.0. The van der Waals surface area contributed by atoms with Crippen molar-refractivity contribution in [2.24, 2.45) is 0 Å². The van der Waals surface area contributed by atoms with Gasteiger partial charge in [0, 0.05) is 17.9 Å². The zero-order valence-corrected chi connectivity index (χ0v) is 15.4. The largest absolute Gasteiger partial charge is 0.322 e. The van der Waals surface area contributed by atoms with Gasteiger partial charge in [-0.2, -0.15) is 0 Å². The molecule has 0 N–H and O–H groups in total. The van der Waals surface area contributed by atoms with E-state index in [2.05, 4.69) is 19.1 Å². The average molecular weight is 357 g/mol. The molecule has 2 aromatic carbocycles. The number of rotatable bonds is 6. The van der Waals surface area contributed by atoms with Crippen LogP contribution in [0.5, 0.6) is 0 Å². The fourth-order valence-electron chi connectivity index (χ4n) is 3.17. The molecule has 0 unspecified atom stereocenters. The van der Waals surface area contributed by atoms with Crippen molar-refractivity contribution in [1.82, 2.24) is 4.90 Å². The molecule has 1 aliphatic heterocycles. The molecule has 132 valence electrons. The monoisotopic (exact) mass is 357 g/mol. The van der Waals surface area contributed by atoms with E-state index in [9.17, 15) is 9.18 Å². The van der Waals surface area contributed by atoms with Crippen LogP contribution in [0.1, 0.15) is 53.0 Å². The Morgan fingerprint density at radius 2 is 2.00 bits per heavy atom. The molecule has 1 aliphatic rings.